The van der Waals surface area contributed by atoms with E-state index in [0.29, 0.717) is 18.7 Å². The molecule has 0 aliphatic heterocycles. The van der Waals surface area contributed by atoms with Gasteiger partial charge in [-0.15, -0.1) is 10.2 Å². The number of furan rings is 1. The van der Waals surface area contributed by atoms with Crippen molar-refractivity contribution in [2.24, 2.45) is 0 Å². The summed E-state index contributed by atoms with van der Waals surface area (Å²) in [6.07, 6.45) is 4.02. The maximum absolute atomic E-state index is 11.9. The van der Waals surface area contributed by atoms with Gasteiger partial charge in [-0.2, -0.15) is 0 Å². The van der Waals surface area contributed by atoms with Crippen LogP contribution in [0.15, 0.2) is 41.1 Å². The number of hydrogen-bond acceptors (Lipinski definition) is 4. The summed E-state index contributed by atoms with van der Waals surface area (Å²) in [5, 5.41) is 11.0. The summed E-state index contributed by atoms with van der Waals surface area (Å²) in [4.78, 5) is 11.9. The lowest BCUT2D eigenvalue weighted by molar-refractivity contribution is 0.0925. The molecule has 0 saturated carbocycles. The molecule has 0 unspecified atom stereocenters. The Hall–Kier alpha value is -2.63. The van der Waals surface area contributed by atoms with Crippen molar-refractivity contribution in [1.29, 1.82) is 0 Å². The van der Waals surface area contributed by atoms with E-state index in [9.17, 15) is 4.79 Å². The normalized spacial score (nSPS) is 10.8. The highest BCUT2D eigenvalue weighted by Gasteiger charge is 2.12. The Kier molecular flexibility index (Phi) is 3.20. The highest BCUT2D eigenvalue weighted by atomic mass is 16.3. The molecule has 0 aliphatic carbocycles. The fraction of sp³-hybridized carbons (Fsp3) is 0.214. The largest absolute Gasteiger partial charge is 0.459 e. The van der Waals surface area contributed by atoms with Crippen LogP contribution in [0.2, 0.25) is 0 Å². The molecule has 0 bridgehead atoms. The summed E-state index contributed by atoms with van der Waals surface area (Å²) < 4.78 is 7.05. The minimum atomic E-state index is -0.207. The van der Waals surface area contributed by atoms with E-state index in [0.717, 1.165) is 17.0 Å². The number of amides is 1. The van der Waals surface area contributed by atoms with Crippen LogP contribution in [0.1, 0.15) is 21.9 Å². The van der Waals surface area contributed by atoms with E-state index in [1.165, 1.54) is 6.26 Å². The zero-order valence-electron chi connectivity index (χ0n) is 11.0. The third-order valence-electron chi connectivity index (χ3n) is 3.09. The van der Waals surface area contributed by atoms with E-state index in [4.69, 9.17) is 4.42 Å². The molecule has 0 aromatic carbocycles. The summed E-state index contributed by atoms with van der Waals surface area (Å²) in [6.45, 7) is 2.32. The summed E-state index contributed by atoms with van der Waals surface area (Å²) in [5.74, 6) is 0.967. The molecule has 0 radical (unpaired) electrons. The molecule has 20 heavy (non-hydrogen) atoms. The number of hydrogen-bond donors (Lipinski definition) is 1. The van der Waals surface area contributed by atoms with Gasteiger partial charge in [-0.1, -0.05) is 6.07 Å². The van der Waals surface area contributed by atoms with Gasteiger partial charge in [0.15, 0.2) is 11.4 Å². The first-order chi connectivity index (χ1) is 9.75. The molecular formula is C14H14N4O2. The third-order valence-corrected chi connectivity index (χ3v) is 3.09. The molecule has 102 valence electrons. The van der Waals surface area contributed by atoms with E-state index < -0.39 is 0 Å². The minimum absolute atomic E-state index is 0.207. The average Bonchev–Trinajstić information content (AvgIpc) is 3.05. The van der Waals surface area contributed by atoms with Gasteiger partial charge in [0.1, 0.15) is 5.82 Å². The van der Waals surface area contributed by atoms with Crippen LogP contribution >= 0.6 is 0 Å². The molecule has 0 atom stereocenters. The highest BCUT2D eigenvalue weighted by Crippen LogP contribution is 2.08. The van der Waals surface area contributed by atoms with Gasteiger partial charge in [-0.25, -0.2) is 0 Å². The molecular weight excluding hydrogens is 256 g/mol. The Bertz CT molecular complexity index is 744. The van der Waals surface area contributed by atoms with Crippen molar-refractivity contribution in [3.8, 4) is 0 Å². The van der Waals surface area contributed by atoms with Gasteiger partial charge in [0.05, 0.1) is 6.26 Å². The van der Waals surface area contributed by atoms with Gasteiger partial charge < -0.3 is 9.73 Å². The van der Waals surface area contributed by atoms with Gasteiger partial charge in [0.2, 0.25) is 0 Å². The first kappa shape index (κ1) is 12.4. The highest BCUT2D eigenvalue weighted by molar-refractivity contribution is 5.92. The van der Waals surface area contributed by atoms with Gasteiger partial charge in [-0.3, -0.25) is 9.20 Å². The molecule has 3 aromatic rings. The third kappa shape index (κ3) is 2.27. The number of aryl methyl sites for hydroxylation is 1. The van der Waals surface area contributed by atoms with E-state index in [1.807, 2.05) is 35.7 Å². The van der Waals surface area contributed by atoms with Gasteiger partial charge in [0, 0.05) is 24.7 Å². The first-order valence-electron chi connectivity index (χ1n) is 6.36. The van der Waals surface area contributed by atoms with Crippen LogP contribution in [0.25, 0.3) is 5.65 Å². The number of carbonyl (C=O) groups excluding carboxylic acids is 1. The van der Waals surface area contributed by atoms with Crippen molar-refractivity contribution >= 4 is 11.6 Å². The quantitative estimate of drug-likeness (QED) is 0.781. The van der Waals surface area contributed by atoms with Crippen molar-refractivity contribution in [3.63, 3.8) is 0 Å². The van der Waals surface area contributed by atoms with Crippen LogP contribution < -0.4 is 5.32 Å². The molecule has 3 rings (SSSR count). The molecule has 3 aromatic heterocycles. The molecule has 0 spiro atoms. The Morgan fingerprint density at radius 1 is 1.35 bits per heavy atom. The van der Waals surface area contributed by atoms with Crippen molar-refractivity contribution in [1.82, 2.24) is 19.9 Å². The molecule has 3 heterocycles. The molecule has 6 heteroatoms. The molecule has 0 saturated heterocycles. The minimum Gasteiger partial charge on any atom is -0.459 e. The smallest absolute Gasteiger partial charge is 0.287 e. The average molecular weight is 270 g/mol. The summed E-state index contributed by atoms with van der Waals surface area (Å²) in [7, 11) is 0. The standard InChI is InChI=1S/C14H14N4O2/c1-10-6-9-20-13(10)14(19)15-7-5-12-17-16-11-4-2-3-8-18(11)12/h2-4,6,8-9H,5,7H2,1H3,(H,15,19). The Morgan fingerprint density at radius 2 is 2.25 bits per heavy atom. The number of nitrogens with one attached hydrogen (secondary N) is 1. The maximum atomic E-state index is 11.9. The Balaban J connectivity index is 1.63. The zero-order chi connectivity index (χ0) is 13.9. The van der Waals surface area contributed by atoms with Crippen LogP contribution in [0, 0.1) is 6.92 Å². The summed E-state index contributed by atoms with van der Waals surface area (Å²) in [6, 6.07) is 7.49. The van der Waals surface area contributed by atoms with Crippen LogP contribution in [-0.4, -0.2) is 27.0 Å². The lowest BCUT2D eigenvalue weighted by atomic mass is 10.2. The fourth-order valence-electron chi connectivity index (χ4n) is 2.03. The monoisotopic (exact) mass is 270 g/mol. The van der Waals surface area contributed by atoms with Crippen molar-refractivity contribution < 1.29 is 9.21 Å². The predicted molar refractivity (Wildman–Crippen MR) is 72.5 cm³/mol. The number of carbonyl (C=O) groups is 1. The van der Waals surface area contributed by atoms with Gasteiger partial charge >= 0.3 is 0 Å². The van der Waals surface area contributed by atoms with E-state index in [1.54, 1.807) is 6.07 Å². The van der Waals surface area contributed by atoms with E-state index >= 15 is 0 Å². The predicted octanol–water partition coefficient (Wildman–Crippen LogP) is 1.60. The van der Waals surface area contributed by atoms with Gasteiger partial charge in [-0.05, 0) is 25.1 Å². The number of fused-ring (bicyclic) bond motifs is 1. The molecule has 0 fully saturated rings. The molecule has 6 nitrogen and oxygen atoms in total. The first-order valence-corrected chi connectivity index (χ1v) is 6.36. The Labute approximate surface area is 115 Å². The second kappa shape index (κ2) is 5.16. The second-order valence-corrected chi connectivity index (χ2v) is 4.48. The van der Waals surface area contributed by atoms with Gasteiger partial charge in [0.25, 0.3) is 5.91 Å². The van der Waals surface area contributed by atoms with Crippen LogP contribution in [-0.2, 0) is 6.42 Å². The molecule has 1 amide bonds. The SMILES string of the molecule is Cc1ccoc1C(=O)NCCc1nnc2ccccn12. The van der Waals surface area contributed by atoms with E-state index in [2.05, 4.69) is 15.5 Å². The van der Waals surface area contributed by atoms with Crippen molar-refractivity contribution in [2.45, 2.75) is 13.3 Å². The summed E-state index contributed by atoms with van der Waals surface area (Å²) >= 11 is 0. The van der Waals surface area contributed by atoms with Crippen molar-refractivity contribution in [3.05, 3.63) is 53.9 Å². The molecule has 1 N–H and O–H groups in total. The van der Waals surface area contributed by atoms with E-state index in [-0.39, 0.29) is 5.91 Å². The lowest BCUT2D eigenvalue weighted by Gasteiger charge is -2.03. The fourth-order valence-corrected chi connectivity index (χ4v) is 2.03. The lowest BCUT2D eigenvalue weighted by Crippen LogP contribution is -2.26. The maximum Gasteiger partial charge on any atom is 0.287 e. The second-order valence-electron chi connectivity index (χ2n) is 4.48. The number of nitrogens with zero attached hydrogens (tertiary/aromatic N) is 3. The topological polar surface area (TPSA) is 72.4 Å². The van der Waals surface area contributed by atoms with Crippen LogP contribution in [0.4, 0.5) is 0 Å². The van der Waals surface area contributed by atoms with Crippen molar-refractivity contribution in [2.75, 3.05) is 6.54 Å². The zero-order valence-corrected chi connectivity index (χ0v) is 11.0. The number of aromatic nitrogens is 3. The van der Waals surface area contributed by atoms with Crippen LogP contribution in [0.3, 0.4) is 0 Å². The van der Waals surface area contributed by atoms with Crippen LogP contribution in [0.5, 0.6) is 0 Å². The molecule has 0 aliphatic rings. The number of rotatable bonds is 4. The number of pyridine rings is 1. The summed E-state index contributed by atoms with van der Waals surface area (Å²) in [5.41, 5.74) is 1.63. The Morgan fingerprint density at radius 3 is 3.05 bits per heavy atom.